The lowest BCUT2D eigenvalue weighted by Crippen LogP contribution is -2.63. The van der Waals surface area contributed by atoms with Crippen LogP contribution in [0.5, 0.6) is 0 Å². The fraction of sp³-hybridized carbons (Fsp3) is 0.444. The first-order valence-electron chi connectivity index (χ1n) is 7.85. The molecule has 122 valence electrons. The van der Waals surface area contributed by atoms with Crippen molar-refractivity contribution < 1.29 is 9.53 Å². The molecular formula is C18H23N3O2. The van der Waals surface area contributed by atoms with Crippen LogP contribution in [0.2, 0.25) is 0 Å². The molecule has 1 aliphatic heterocycles. The number of rotatable bonds is 5. The molecule has 0 atom stereocenters. The Balaban J connectivity index is 1.68. The standard InChI is InChI=1S/C18H23N3O2/c1-14-15(10-19-20(14)2)9-17(22)21-11-18(12-21,13-23-3)16-7-5-4-6-8-16/h4-8,10H,9,11-13H2,1-3H3. The van der Waals surface area contributed by atoms with Crippen LogP contribution in [0.1, 0.15) is 16.8 Å². The molecule has 0 bridgehead atoms. The highest BCUT2D eigenvalue weighted by Gasteiger charge is 2.46. The molecule has 0 N–H and O–H groups in total. The molecule has 0 spiro atoms. The van der Waals surface area contributed by atoms with Crippen LogP contribution in [0.4, 0.5) is 0 Å². The van der Waals surface area contributed by atoms with Crippen LogP contribution >= 0.6 is 0 Å². The first-order valence-corrected chi connectivity index (χ1v) is 7.85. The zero-order valence-electron chi connectivity index (χ0n) is 14.0. The maximum atomic E-state index is 12.5. The van der Waals surface area contributed by atoms with Crippen molar-refractivity contribution >= 4 is 5.91 Å². The van der Waals surface area contributed by atoms with Gasteiger partial charge in [0.2, 0.25) is 5.91 Å². The van der Waals surface area contributed by atoms with E-state index in [-0.39, 0.29) is 11.3 Å². The summed E-state index contributed by atoms with van der Waals surface area (Å²) in [7, 11) is 3.61. The molecule has 5 nitrogen and oxygen atoms in total. The Morgan fingerprint density at radius 3 is 2.57 bits per heavy atom. The van der Waals surface area contributed by atoms with Gasteiger partial charge >= 0.3 is 0 Å². The highest BCUT2D eigenvalue weighted by molar-refractivity contribution is 5.80. The van der Waals surface area contributed by atoms with Gasteiger partial charge in [0.1, 0.15) is 0 Å². The molecule has 1 saturated heterocycles. The van der Waals surface area contributed by atoms with E-state index in [0.717, 1.165) is 11.3 Å². The number of ether oxygens (including phenoxy) is 1. The Morgan fingerprint density at radius 2 is 2.00 bits per heavy atom. The fourth-order valence-electron chi connectivity index (χ4n) is 3.28. The van der Waals surface area contributed by atoms with Crippen LogP contribution in [-0.4, -0.2) is 47.4 Å². The first-order chi connectivity index (χ1) is 11.1. The Labute approximate surface area is 136 Å². The van der Waals surface area contributed by atoms with Gasteiger partial charge in [-0.2, -0.15) is 5.10 Å². The second-order valence-electron chi connectivity index (χ2n) is 6.38. The molecule has 0 radical (unpaired) electrons. The molecule has 1 aromatic carbocycles. The van der Waals surface area contributed by atoms with E-state index in [0.29, 0.717) is 26.1 Å². The molecule has 1 aliphatic rings. The number of methoxy groups -OCH3 is 1. The van der Waals surface area contributed by atoms with Crippen LogP contribution < -0.4 is 0 Å². The zero-order chi connectivity index (χ0) is 16.4. The number of benzene rings is 1. The normalized spacial score (nSPS) is 16.2. The molecule has 1 fully saturated rings. The summed E-state index contributed by atoms with van der Waals surface area (Å²) >= 11 is 0. The molecule has 23 heavy (non-hydrogen) atoms. The lowest BCUT2D eigenvalue weighted by Gasteiger charge is -2.50. The summed E-state index contributed by atoms with van der Waals surface area (Å²) in [6.45, 7) is 4.05. The summed E-state index contributed by atoms with van der Waals surface area (Å²) in [6, 6.07) is 10.3. The van der Waals surface area contributed by atoms with E-state index in [2.05, 4.69) is 17.2 Å². The van der Waals surface area contributed by atoms with Gasteiger partial charge in [0.05, 0.1) is 24.6 Å². The quantitative estimate of drug-likeness (QED) is 0.844. The van der Waals surface area contributed by atoms with E-state index >= 15 is 0 Å². The van der Waals surface area contributed by atoms with E-state index in [1.807, 2.05) is 37.1 Å². The van der Waals surface area contributed by atoms with Crippen molar-refractivity contribution in [3.8, 4) is 0 Å². The van der Waals surface area contributed by atoms with Gasteiger partial charge in [-0.05, 0) is 12.5 Å². The van der Waals surface area contributed by atoms with E-state index in [4.69, 9.17) is 4.74 Å². The third-order valence-corrected chi connectivity index (χ3v) is 4.83. The SMILES string of the molecule is COCC1(c2ccccc2)CN(C(=O)Cc2cnn(C)c2C)C1. The number of aromatic nitrogens is 2. The Hall–Kier alpha value is -2.14. The predicted molar refractivity (Wildman–Crippen MR) is 88.2 cm³/mol. The number of amides is 1. The maximum Gasteiger partial charge on any atom is 0.227 e. The molecule has 1 amide bonds. The summed E-state index contributed by atoms with van der Waals surface area (Å²) in [5, 5.41) is 4.20. The summed E-state index contributed by atoms with van der Waals surface area (Å²) in [4.78, 5) is 14.4. The van der Waals surface area contributed by atoms with Gasteiger partial charge in [-0.15, -0.1) is 0 Å². The largest absolute Gasteiger partial charge is 0.384 e. The van der Waals surface area contributed by atoms with Crippen LogP contribution in [0.3, 0.4) is 0 Å². The summed E-state index contributed by atoms with van der Waals surface area (Å²) in [5.74, 6) is 0.156. The van der Waals surface area contributed by atoms with Crippen LogP contribution in [0.15, 0.2) is 36.5 Å². The number of hydrogen-bond donors (Lipinski definition) is 0. The number of aryl methyl sites for hydroxylation is 1. The molecule has 2 heterocycles. The Bertz CT molecular complexity index is 688. The minimum atomic E-state index is -0.0738. The second-order valence-corrected chi connectivity index (χ2v) is 6.38. The highest BCUT2D eigenvalue weighted by atomic mass is 16.5. The van der Waals surface area contributed by atoms with Gasteiger partial charge in [-0.25, -0.2) is 0 Å². The summed E-state index contributed by atoms with van der Waals surface area (Å²) in [6.07, 6.45) is 2.20. The van der Waals surface area contributed by atoms with E-state index < -0.39 is 0 Å². The molecule has 5 heteroatoms. The number of carbonyl (C=O) groups is 1. The minimum absolute atomic E-state index is 0.0738. The van der Waals surface area contributed by atoms with E-state index in [9.17, 15) is 4.79 Å². The van der Waals surface area contributed by atoms with Crippen LogP contribution in [0.25, 0.3) is 0 Å². The van der Waals surface area contributed by atoms with Crippen molar-refractivity contribution in [2.24, 2.45) is 7.05 Å². The first kappa shape index (κ1) is 15.7. The second kappa shape index (κ2) is 6.16. The van der Waals surface area contributed by atoms with Gasteiger partial charge in [0.25, 0.3) is 0 Å². The lowest BCUT2D eigenvalue weighted by atomic mass is 9.74. The molecule has 2 aromatic rings. The molecule has 1 aromatic heterocycles. The summed E-state index contributed by atoms with van der Waals surface area (Å²) < 4.78 is 7.22. The van der Waals surface area contributed by atoms with E-state index in [1.165, 1.54) is 5.56 Å². The minimum Gasteiger partial charge on any atom is -0.384 e. The van der Waals surface area contributed by atoms with E-state index in [1.54, 1.807) is 18.0 Å². The van der Waals surface area contributed by atoms with Crippen molar-refractivity contribution in [1.82, 2.24) is 14.7 Å². The molecule has 0 unspecified atom stereocenters. The third-order valence-electron chi connectivity index (χ3n) is 4.83. The molecule has 3 rings (SSSR count). The number of nitrogens with zero attached hydrogens (tertiary/aromatic N) is 3. The van der Waals surface area contributed by atoms with Crippen LogP contribution in [-0.2, 0) is 28.4 Å². The number of carbonyl (C=O) groups excluding carboxylic acids is 1. The number of hydrogen-bond acceptors (Lipinski definition) is 3. The van der Waals surface area contributed by atoms with Gasteiger partial charge in [0.15, 0.2) is 0 Å². The fourth-order valence-corrected chi connectivity index (χ4v) is 3.28. The van der Waals surface area contributed by atoms with Gasteiger partial charge in [0, 0.05) is 38.5 Å². The average Bonchev–Trinajstić information content (AvgIpc) is 2.83. The lowest BCUT2D eigenvalue weighted by molar-refractivity contribution is -0.140. The van der Waals surface area contributed by atoms with Crippen molar-refractivity contribution in [1.29, 1.82) is 0 Å². The van der Waals surface area contributed by atoms with Gasteiger partial charge in [-0.3, -0.25) is 9.48 Å². The Morgan fingerprint density at radius 1 is 1.30 bits per heavy atom. The third kappa shape index (κ3) is 2.88. The monoisotopic (exact) mass is 313 g/mol. The van der Waals surface area contributed by atoms with Crippen molar-refractivity contribution in [3.05, 3.63) is 53.3 Å². The van der Waals surface area contributed by atoms with Crippen molar-refractivity contribution in [3.63, 3.8) is 0 Å². The molecule has 0 saturated carbocycles. The van der Waals surface area contributed by atoms with Crippen molar-refractivity contribution in [2.45, 2.75) is 18.8 Å². The van der Waals surface area contributed by atoms with Gasteiger partial charge in [-0.1, -0.05) is 30.3 Å². The maximum absolute atomic E-state index is 12.5. The predicted octanol–water partition coefficient (Wildman–Crippen LogP) is 1.70. The smallest absolute Gasteiger partial charge is 0.227 e. The topological polar surface area (TPSA) is 47.4 Å². The van der Waals surface area contributed by atoms with Crippen LogP contribution in [0, 0.1) is 6.92 Å². The Kier molecular flexibility index (Phi) is 4.22. The highest BCUT2D eigenvalue weighted by Crippen LogP contribution is 2.35. The van der Waals surface area contributed by atoms with Gasteiger partial charge < -0.3 is 9.64 Å². The zero-order valence-corrected chi connectivity index (χ0v) is 14.0. The molecule has 0 aliphatic carbocycles. The average molecular weight is 313 g/mol. The number of likely N-dealkylation sites (tertiary alicyclic amines) is 1. The summed E-state index contributed by atoms with van der Waals surface area (Å²) in [5.41, 5.74) is 3.21. The molecular weight excluding hydrogens is 290 g/mol. The van der Waals surface area contributed by atoms with Crippen molar-refractivity contribution in [2.75, 3.05) is 26.8 Å².